The van der Waals surface area contributed by atoms with E-state index in [1.54, 1.807) is 12.1 Å². The van der Waals surface area contributed by atoms with Crippen LogP contribution in [0.15, 0.2) is 48.5 Å². The number of aromatic hydroxyl groups is 1. The van der Waals surface area contributed by atoms with Gasteiger partial charge in [0.2, 0.25) is 0 Å². The first-order valence-electron chi connectivity index (χ1n) is 5.26. The molecule has 2 rings (SSSR count). The van der Waals surface area contributed by atoms with Gasteiger partial charge in [-0.05, 0) is 48.9 Å². The lowest BCUT2D eigenvalue weighted by Crippen LogP contribution is -2.08. The van der Waals surface area contributed by atoms with Crippen molar-refractivity contribution >= 4 is 11.4 Å². The molecule has 2 heteroatoms. The van der Waals surface area contributed by atoms with Gasteiger partial charge in [0.15, 0.2) is 0 Å². The molecular weight excluding hydrogens is 198 g/mol. The average molecular weight is 213 g/mol. The summed E-state index contributed by atoms with van der Waals surface area (Å²) in [5.41, 5.74) is 3.44. The highest BCUT2D eigenvalue weighted by atomic mass is 16.3. The van der Waals surface area contributed by atoms with Gasteiger partial charge in [-0.2, -0.15) is 0 Å². The zero-order valence-electron chi connectivity index (χ0n) is 9.51. The fourth-order valence-corrected chi connectivity index (χ4v) is 1.66. The number of nitrogens with zero attached hydrogens (tertiary/aromatic N) is 1. The topological polar surface area (TPSA) is 23.5 Å². The summed E-state index contributed by atoms with van der Waals surface area (Å²) in [5.74, 6) is 0.293. The van der Waals surface area contributed by atoms with Crippen molar-refractivity contribution in [2.75, 3.05) is 11.9 Å². The van der Waals surface area contributed by atoms with E-state index in [4.69, 9.17) is 0 Å². The quantitative estimate of drug-likeness (QED) is 0.825. The Morgan fingerprint density at radius 3 is 2.25 bits per heavy atom. The van der Waals surface area contributed by atoms with Crippen LogP contribution in [0.5, 0.6) is 5.75 Å². The largest absolute Gasteiger partial charge is 0.508 e. The van der Waals surface area contributed by atoms with Crippen LogP contribution in [-0.4, -0.2) is 12.2 Å². The monoisotopic (exact) mass is 213 g/mol. The van der Waals surface area contributed by atoms with Gasteiger partial charge in [0.25, 0.3) is 0 Å². The minimum Gasteiger partial charge on any atom is -0.508 e. The molecule has 0 amide bonds. The van der Waals surface area contributed by atoms with E-state index in [-0.39, 0.29) is 0 Å². The Morgan fingerprint density at radius 2 is 1.62 bits per heavy atom. The summed E-state index contributed by atoms with van der Waals surface area (Å²) in [6, 6.07) is 15.5. The van der Waals surface area contributed by atoms with Crippen molar-refractivity contribution in [3.63, 3.8) is 0 Å². The van der Waals surface area contributed by atoms with Crippen molar-refractivity contribution in [3.05, 3.63) is 54.1 Å². The van der Waals surface area contributed by atoms with Gasteiger partial charge in [-0.3, -0.25) is 0 Å². The molecular formula is C14H15NO. The van der Waals surface area contributed by atoms with Crippen LogP contribution in [0.3, 0.4) is 0 Å². The number of aryl methyl sites for hydroxylation is 1. The molecule has 0 atom stereocenters. The predicted molar refractivity (Wildman–Crippen MR) is 67.3 cm³/mol. The van der Waals surface area contributed by atoms with E-state index in [1.165, 1.54) is 5.56 Å². The lowest BCUT2D eigenvalue weighted by Gasteiger charge is -2.19. The van der Waals surface area contributed by atoms with Gasteiger partial charge >= 0.3 is 0 Å². The van der Waals surface area contributed by atoms with Crippen molar-refractivity contribution in [1.82, 2.24) is 0 Å². The molecule has 2 nitrogen and oxygen atoms in total. The van der Waals surface area contributed by atoms with Gasteiger partial charge in [-0.25, -0.2) is 0 Å². The second-order valence-corrected chi connectivity index (χ2v) is 3.91. The van der Waals surface area contributed by atoms with Crippen LogP contribution in [0, 0.1) is 6.92 Å². The molecule has 0 aromatic heterocycles. The first kappa shape index (κ1) is 10.6. The summed E-state index contributed by atoms with van der Waals surface area (Å²) in [7, 11) is 2.02. The fraction of sp³-hybridized carbons (Fsp3) is 0.143. The maximum absolute atomic E-state index is 9.23. The van der Waals surface area contributed by atoms with Crippen LogP contribution in [0.25, 0.3) is 0 Å². The van der Waals surface area contributed by atoms with Crippen LogP contribution in [-0.2, 0) is 0 Å². The first-order valence-corrected chi connectivity index (χ1v) is 5.26. The zero-order chi connectivity index (χ0) is 11.5. The van der Waals surface area contributed by atoms with E-state index in [1.807, 2.05) is 25.2 Å². The molecule has 2 aromatic rings. The average Bonchev–Trinajstić information content (AvgIpc) is 2.29. The zero-order valence-corrected chi connectivity index (χ0v) is 9.51. The predicted octanol–water partition coefficient (Wildman–Crippen LogP) is 3.47. The Labute approximate surface area is 95.8 Å². The molecule has 0 fully saturated rings. The van der Waals surface area contributed by atoms with Gasteiger partial charge in [0.1, 0.15) is 5.75 Å². The van der Waals surface area contributed by atoms with Crippen molar-refractivity contribution < 1.29 is 5.11 Å². The third kappa shape index (κ3) is 2.16. The minimum atomic E-state index is 0.293. The normalized spacial score (nSPS) is 10.1. The molecule has 0 spiro atoms. The molecule has 0 radical (unpaired) electrons. The van der Waals surface area contributed by atoms with Crippen LogP contribution in [0.2, 0.25) is 0 Å². The number of hydrogen-bond donors (Lipinski definition) is 1. The number of benzene rings is 2. The van der Waals surface area contributed by atoms with Crippen molar-refractivity contribution in [3.8, 4) is 5.75 Å². The number of phenolic OH excluding ortho intramolecular Hbond substituents is 1. The molecule has 1 N–H and O–H groups in total. The number of phenols is 1. The maximum atomic E-state index is 9.23. The summed E-state index contributed by atoms with van der Waals surface area (Å²) < 4.78 is 0. The summed E-state index contributed by atoms with van der Waals surface area (Å²) in [6.45, 7) is 2.08. The molecule has 82 valence electrons. The van der Waals surface area contributed by atoms with E-state index in [9.17, 15) is 5.11 Å². The lowest BCUT2D eigenvalue weighted by atomic mass is 10.2. The molecule has 0 heterocycles. The van der Waals surface area contributed by atoms with Gasteiger partial charge in [-0.1, -0.05) is 12.1 Å². The number of hydrogen-bond acceptors (Lipinski definition) is 2. The molecule has 0 saturated carbocycles. The van der Waals surface area contributed by atoms with Crippen LogP contribution < -0.4 is 4.90 Å². The molecule has 0 aliphatic carbocycles. The van der Waals surface area contributed by atoms with E-state index in [2.05, 4.69) is 30.0 Å². The highest BCUT2D eigenvalue weighted by molar-refractivity contribution is 5.63. The van der Waals surface area contributed by atoms with Crippen LogP contribution >= 0.6 is 0 Å². The van der Waals surface area contributed by atoms with Crippen LogP contribution in [0.1, 0.15) is 5.56 Å². The van der Waals surface area contributed by atoms with E-state index in [0.717, 1.165) is 11.4 Å². The molecule has 0 aliphatic heterocycles. The fourth-order valence-electron chi connectivity index (χ4n) is 1.66. The highest BCUT2D eigenvalue weighted by Crippen LogP contribution is 2.25. The standard InChI is InChI=1S/C14H15NO/c1-11-4-3-5-13(10-11)15(2)12-6-8-14(16)9-7-12/h3-10,16H,1-2H3. The van der Waals surface area contributed by atoms with E-state index in [0.29, 0.717) is 5.75 Å². The van der Waals surface area contributed by atoms with Crippen molar-refractivity contribution in [2.24, 2.45) is 0 Å². The van der Waals surface area contributed by atoms with Crippen LogP contribution in [0.4, 0.5) is 11.4 Å². The van der Waals surface area contributed by atoms with Crippen molar-refractivity contribution in [1.29, 1.82) is 0 Å². The summed E-state index contributed by atoms with van der Waals surface area (Å²) >= 11 is 0. The minimum absolute atomic E-state index is 0.293. The second-order valence-electron chi connectivity index (χ2n) is 3.91. The number of anilines is 2. The Balaban J connectivity index is 2.31. The summed E-state index contributed by atoms with van der Waals surface area (Å²) in [5, 5.41) is 9.23. The molecule has 0 bridgehead atoms. The van der Waals surface area contributed by atoms with Gasteiger partial charge in [0, 0.05) is 18.4 Å². The molecule has 0 aliphatic rings. The van der Waals surface area contributed by atoms with Gasteiger partial charge in [-0.15, -0.1) is 0 Å². The van der Waals surface area contributed by atoms with E-state index >= 15 is 0 Å². The molecule has 0 saturated heterocycles. The molecule has 0 unspecified atom stereocenters. The van der Waals surface area contributed by atoms with Gasteiger partial charge < -0.3 is 10.0 Å². The Bertz CT molecular complexity index is 476. The first-order chi connectivity index (χ1) is 7.66. The van der Waals surface area contributed by atoms with Crippen molar-refractivity contribution in [2.45, 2.75) is 6.92 Å². The molecule has 16 heavy (non-hydrogen) atoms. The molecule has 2 aromatic carbocycles. The summed E-state index contributed by atoms with van der Waals surface area (Å²) in [6.07, 6.45) is 0. The third-order valence-corrected chi connectivity index (χ3v) is 2.63. The Morgan fingerprint density at radius 1 is 0.938 bits per heavy atom. The third-order valence-electron chi connectivity index (χ3n) is 2.63. The van der Waals surface area contributed by atoms with Gasteiger partial charge in [0.05, 0.1) is 0 Å². The Hall–Kier alpha value is -1.96. The van der Waals surface area contributed by atoms with E-state index < -0.39 is 0 Å². The Kier molecular flexibility index (Phi) is 2.82. The highest BCUT2D eigenvalue weighted by Gasteiger charge is 2.03. The lowest BCUT2D eigenvalue weighted by molar-refractivity contribution is 0.475. The SMILES string of the molecule is Cc1cccc(N(C)c2ccc(O)cc2)c1. The number of rotatable bonds is 2. The summed E-state index contributed by atoms with van der Waals surface area (Å²) in [4.78, 5) is 2.09. The second kappa shape index (κ2) is 4.27. The maximum Gasteiger partial charge on any atom is 0.115 e. The smallest absolute Gasteiger partial charge is 0.115 e.